The third-order valence-corrected chi connectivity index (χ3v) is 9.12. The lowest BCUT2D eigenvalue weighted by molar-refractivity contribution is -0.155. The van der Waals surface area contributed by atoms with Gasteiger partial charge in [-0.05, 0) is 52.2 Å². The van der Waals surface area contributed by atoms with Crippen molar-refractivity contribution in [3.05, 3.63) is 54.6 Å². The Bertz CT molecular complexity index is 1190. The van der Waals surface area contributed by atoms with Crippen molar-refractivity contribution < 1.29 is 24.2 Å². The van der Waals surface area contributed by atoms with Gasteiger partial charge in [-0.15, -0.1) is 0 Å². The smallest absolute Gasteiger partial charge is 0.249 e. The summed E-state index contributed by atoms with van der Waals surface area (Å²) in [5.41, 5.74) is -1.90. The van der Waals surface area contributed by atoms with Crippen molar-refractivity contribution in [3.63, 3.8) is 0 Å². The van der Waals surface area contributed by atoms with E-state index in [-0.39, 0.29) is 24.3 Å². The maximum atomic E-state index is 14.5. The number of para-hydroxylation sites is 1. The summed E-state index contributed by atoms with van der Waals surface area (Å²) in [6.07, 6.45) is 11.4. The van der Waals surface area contributed by atoms with Crippen molar-refractivity contribution in [2.24, 2.45) is 11.8 Å². The largest absolute Gasteiger partial charge is 0.396 e. The van der Waals surface area contributed by atoms with Gasteiger partial charge < -0.3 is 24.5 Å². The number of benzene rings is 1. The number of anilines is 1. The molecular formula is C32H43N3O5. The number of aliphatic hydroxyl groups excluding tert-OH is 1. The third kappa shape index (κ3) is 4.49. The number of fused-ring (bicyclic) bond motifs is 2. The van der Waals surface area contributed by atoms with Gasteiger partial charge in [0.25, 0.3) is 0 Å². The van der Waals surface area contributed by atoms with Gasteiger partial charge in [0.2, 0.25) is 17.7 Å². The number of carbonyl (C=O) groups is 3. The van der Waals surface area contributed by atoms with Crippen molar-refractivity contribution in [2.75, 3.05) is 31.1 Å². The number of nitrogens with zero attached hydrogens (tertiary/aromatic N) is 3. The molecule has 0 aromatic heterocycles. The predicted molar refractivity (Wildman–Crippen MR) is 153 cm³/mol. The van der Waals surface area contributed by atoms with E-state index in [2.05, 4.69) is 0 Å². The summed E-state index contributed by atoms with van der Waals surface area (Å²) < 4.78 is 7.05. The van der Waals surface area contributed by atoms with Crippen LogP contribution in [0.25, 0.3) is 0 Å². The van der Waals surface area contributed by atoms with Gasteiger partial charge in [0.15, 0.2) is 0 Å². The predicted octanol–water partition coefficient (Wildman–Crippen LogP) is 3.70. The molecule has 0 aliphatic carbocycles. The first-order chi connectivity index (χ1) is 19.1. The van der Waals surface area contributed by atoms with E-state index < -0.39 is 34.6 Å². The maximum Gasteiger partial charge on any atom is 0.249 e. The molecule has 4 aliphatic rings. The molecule has 1 spiro atoms. The Kier molecular flexibility index (Phi) is 7.70. The minimum Gasteiger partial charge on any atom is -0.396 e. The summed E-state index contributed by atoms with van der Waals surface area (Å²) in [4.78, 5) is 48.6. The van der Waals surface area contributed by atoms with E-state index in [0.29, 0.717) is 38.9 Å². The van der Waals surface area contributed by atoms with E-state index in [4.69, 9.17) is 4.74 Å². The molecule has 5 rings (SSSR count). The number of likely N-dealkylation sites (tertiary alicyclic amines) is 1. The summed E-state index contributed by atoms with van der Waals surface area (Å²) in [6.45, 7) is 9.35. The normalized spacial score (nSPS) is 31.8. The van der Waals surface area contributed by atoms with Crippen molar-refractivity contribution in [1.82, 2.24) is 9.80 Å². The van der Waals surface area contributed by atoms with Crippen LogP contribution in [0.2, 0.25) is 0 Å². The highest BCUT2D eigenvalue weighted by molar-refractivity contribution is 6.04. The Morgan fingerprint density at radius 2 is 1.60 bits per heavy atom. The molecule has 1 N–H and O–H groups in total. The molecule has 4 aliphatic heterocycles. The summed E-state index contributed by atoms with van der Waals surface area (Å²) in [5.74, 6) is -2.03. The second-order valence-corrected chi connectivity index (χ2v) is 12.5. The molecule has 0 radical (unpaired) electrons. The average molecular weight is 550 g/mol. The van der Waals surface area contributed by atoms with Crippen molar-refractivity contribution in [2.45, 2.75) is 82.6 Å². The molecule has 8 nitrogen and oxygen atoms in total. The highest BCUT2D eigenvalue weighted by Gasteiger charge is 2.75. The van der Waals surface area contributed by atoms with Gasteiger partial charge in [0.1, 0.15) is 11.6 Å². The van der Waals surface area contributed by atoms with Crippen LogP contribution >= 0.6 is 0 Å². The molecule has 4 heterocycles. The Labute approximate surface area is 237 Å². The first-order valence-electron chi connectivity index (χ1n) is 14.8. The molecule has 3 amide bonds. The first-order valence-corrected chi connectivity index (χ1v) is 14.8. The number of aliphatic hydroxyl groups is 1. The second-order valence-electron chi connectivity index (χ2n) is 12.5. The van der Waals surface area contributed by atoms with Gasteiger partial charge in [-0.1, -0.05) is 62.3 Å². The summed E-state index contributed by atoms with van der Waals surface area (Å²) >= 11 is 0. The first kappa shape index (κ1) is 28.6. The second kappa shape index (κ2) is 10.8. The highest BCUT2D eigenvalue weighted by atomic mass is 16.5. The van der Waals surface area contributed by atoms with Crippen LogP contribution in [-0.4, -0.2) is 81.7 Å². The van der Waals surface area contributed by atoms with Gasteiger partial charge >= 0.3 is 0 Å². The lowest BCUT2D eigenvalue weighted by atomic mass is 9.73. The Morgan fingerprint density at radius 1 is 0.900 bits per heavy atom. The number of ether oxygens (including phenoxy) is 1. The highest BCUT2D eigenvalue weighted by Crippen LogP contribution is 2.59. The van der Waals surface area contributed by atoms with Crippen LogP contribution < -0.4 is 4.90 Å². The van der Waals surface area contributed by atoms with Crippen molar-refractivity contribution >= 4 is 23.4 Å². The minimum atomic E-state index is -1.24. The topological polar surface area (TPSA) is 90.4 Å². The average Bonchev–Trinajstić information content (AvgIpc) is 3.20. The van der Waals surface area contributed by atoms with Crippen LogP contribution in [0.4, 0.5) is 5.69 Å². The molecule has 8 heteroatoms. The van der Waals surface area contributed by atoms with Gasteiger partial charge in [-0.3, -0.25) is 14.4 Å². The molecule has 216 valence electrons. The Balaban J connectivity index is 1.60. The SMILES string of the molecule is CC[C@]12C=CCN(c3ccccc3)C(=O)[C@H]1[C@H]1C(=O)N(CCCCCCO)C3C(=O)N(C(C)(C)C)CC=C[C@@]31O2. The molecular weight excluding hydrogens is 506 g/mol. The van der Waals surface area contributed by atoms with E-state index in [9.17, 15) is 19.5 Å². The van der Waals surface area contributed by atoms with E-state index in [0.717, 1.165) is 18.5 Å². The number of carbonyl (C=O) groups excluding carboxylic acids is 3. The third-order valence-electron chi connectivity index (χ3n) is 9.12. The van der Waals surface area contributed by atoms with E-state index in [1.165, 1.54) is 0 Å². The number of rotatable bonds is 8. The fourth-order valence-electron chi connectivity index (χ4n) is 7.19. The molecule has 2 saturated heterocycles. The fourth-order valence-corrected chi connectivity index (χ4v) is 7.19. The lowest BCUT2D eigenvalue weighted by Gasteiger charge is -2.41. The van der Waals surface area contributed by atoms with Crippen molar-refractivity contribution in [1.29, 1.82) is 0 Å². The van der Waals surface area contributed by atoms with Gasteiger partial charge in [0, 0.05) is 37.5 Å². The van der Waals surface area contributed by atoms with Crippen molar-refractivity contribution in [3.8, 4) is 0 Å². The van der Waals surface area contributed by atoms with Crippen LogP contribution in [0.15, 0.2) is 54.6 Å². The zero-order valence-corrected chi connectivity index (χ0v) is 24.2. The zero-order chi connectivity index (χ0) is 28.7. The van der Waals surface area contributed by atoms with E-state index in [1.54, 1.807) is 9.80 Å². The molecule has 1 aromatic carbocycles. The number of unbranched alkanes of at least 4 members (excludes halogenated alkanes) is 3. The summed E-state index contributed by atoms with van der Waals surface area (Å²) in [7, 11) is 0. The van der Waals surface area contributed by atoms with Gasteiger partial charge in [0.05, 0.1) is 17.4 Å². The molecule has 1 unspecified atom stereocenters. The van der Waals surface area contributed by atoms with Crippen LogP contribution in [-0.2, 0) is 19.1 Å². The van der Waals surface area contributed by atoms with Crippen LogP contribution in [0.5, 0.6) is 0 Å². The summed E-state index contributed by atoms with van der Waals surface area (Å²) in [6, 6.07) is 8.69. The zero-order valence-electron chi connectivity index (χ0n) is 24.2. The maximum absolute atomic E-state index is 14.5. The monoisotopic (exact) mass is 549 g/mol. The molecule has 5 atom stereocenters. The van der Waals surface area contributed by atoms with E-state index >= 15 is 0 Å². The lowest BCUT2D eigenvalue weighted by Crippen LogP contribution is -2.59. The fraction of sp³-hybridized carbons (Fsp3) is 0.594. The minimum absolute atomic E-state index is 0.136. The Morgan fingerprint density at radius 3 is 2.27 bits per heavy atom. The van der Waals surface area contributed by atoms with Crippen LogP contribution in [0.1, 0.15) is 59.8 Å². The van der Waals surface area contributed by atoms with E-state index in [1.807, 2.05) is 87.2 Å². The van der Waals surface area contributed by atoms with Gasteiger partial charge in [-0.25, -0.2) is 0 Å². The molecule has 40 heavy (non-hydrogen) atoms. The molecule has 1 aromatic rings. The number of hydrogen-bond donors (Lipinski definition) is 1. The van der Waals surface area contributed by atoms with Crippen LogP contribution in [0.3, 0.4) is 0 Å². The number of amides is 3. The molecule has 0 bridgehead atoms. The molecule has 0 saturated carbocycles. The quantitative estimate of drug-likeness (QED) is 0.395. The Hall–Kier alpha value is -2.97. The summed E-state index contributed by atoms with van der Waals surface area (Å²) in [5, 5.41) is 9.18. The van der Waals surface area contributed by atoms with Crippen LogP contribution in [0, 0.1) is 11.8 Å². The number of hydrogen-bond acceptors (Lipinski definition) is 5. The van der Waals surface area contributed by atoms with Gasteiger partial charge in [-0.2, -0.15) is 0 Å². The standard InChI is InChI=1S/C32H43N3O5/c1-5-31-17-13-20-33(23-15-9-8-10-16-23)27(37)24(31)25-28(38)34(19-11-6-7-12-22-36)26-29(39)35(30(2,3)4)21-14-18-32(25,26)40-31/h8-10,13-18,24-26,36H,5-7,11-12,19-22H2,1-4H3/t24-,25+,26?,31+,32+/m1/s1. The molecule has 2 fully saturated rings.